The molecule has 0 aliphatic heterocycles. The molecule has 0 amide bonds. The first-order valence-corrected chi connectivity index (χ1v) is 8.85. The van der Waals surface area contributed by atoms with Gasteiger partial charge in [-0.2, -0.15) is 0 Å². The van der Waals surface area contributed by atoms with E-state index in [-0.39, 0.29) is 12.4 Å². The molecule has 0 aliphatic carbocycles. The second-order valence-corrected chi connectivity index (χ2v) is 6.50. The predicted octanol–water partition coefficient (Wildman–Crippen LogP) is 4.97. The molecule has 0 fully saturated rings. The van der Waals surface area contributed by atoms with Crippen molar-refractivity contribution in [2.45, 2.75) is 27.7 Å². The van der Waals surface area contributed by atoms with E-state index in [1.54, 1.807) is 25.3 Å². The highest BCUT2D eigenvalue weighted by molar-refractivity contribution is 6.07. The van der Waals surface area contributed by atoms with Crippen LogP contribution >= 0.6 is 0 Å². The van der Waals surface area contributed by atoms with Gasteiger partial charge < -0.3 is 10.1 Å². The number of rotatable bonds is 5. The average Bonchev–Trinajstić information content (AvgIpc) is 2.62. The summed E-state index contributed by atoms with van der Waals surface area (Å²) >= 11 is 0. The number of esters is 1. The van der Waals surface area contributed by atoms with Crippen LogP contribution in [-0.4, -0.2) is 23.3 Å². The minimum Gasteiger partial charge on any atom is -0.462 e. The zero-order valence-electron chi connectivity index (χ0n) is 15.9. The Hall–Kier alpha value is -3.21. The molecule has 0 saturated heterocycles. The van der Waals surface area contributed by atoms with Crippen LogP contribution in [0.4, 0.5) is 11.4 Å². The SMILES string of the molecule is CCOC(=O)c1cnc2c(C)cc(C)cc2c1Nc1ccc(C(C)=O)cc1. The molecule has 138 valence electrons. The fraction of sp³-hybridized carbons (Fsp3) is 0.227. The van der Waals surface area contributed by atoms with Gasteiger partial charge in [0.2, 0.25) is 0 Å². The molecule has 5 nitrogen and oxygen atoms in total. The van der Waals surface area contributed by atoms with Crippen LogP contribution in [0.15, 0.2) is 42.6 Å². The normalized spacial score (nSPS) is 10.7. The Balaban J connectivity index is 2.16. The Morgan fingerprint density at radius 2 is 1.81 bits per heavy atom. The van der Waals surface area contributed by atoms with E-state index in [2.05, 4.69) is 16.4 Å². The summed E-state index contributed by atoms with van der Waals surface area (Å²) in [6, 6.07) is 11.2. The maximum absolute atomic E-state index is 12.5. The number of fused-ring (bicyclic) bond motifs is 1. The minimum atomic E-state index is -0.422. The summed E-state index contributed by atoms with van der Waals surface area (Å²) in [5.74, 6) is -0.414. The lowest BCUT2D eigenvalue weighted by molar-refractivity contribution is 0.0527. The summed E-state index contributed by atoms with van der Waals surface area (Å²) in [6.45, 7) is 7.60. The lowest BCUT2D eigenvalue weighted by Crippen LogP contribution is -2.09. The summed E-state index contributed by atoms with van der Waals surface area (Å²) < 4.78 is 5.20. The van der Waals surface area contributed by atoms with Gasteiger partial charge in [0.25, 0.3) is 0 Å². The maximum Gasteiger partial charge on any atom is 0.341 e. The predicted molar refractivity (Wildman–Crippen MR) is 107 cm³/mol. The van der Waals surface area contributed by atoms with Gasteiger partial charge in [-0.1, -0.05) is 11.6 Å². The molecule has 0 atom stereocenters. The molecule has 0 spiro atoms. The van der Waals surface area contributed by atoms with E-state index < -0.39 is 5.97 Å². The number of carbonyl (C=O) groups excluding carboxylic acids is 2. The smallest absolute Gasteiger partial charge is 0.341 e. The van der Waals surface area contributed by atoms with Crippen molar-refractivity contribution in [2.24, 2.45) is 0 Å². The van der Waals surface area contributed by atoms with E-state index in [9.17, 15) is 9.59 Å². The average molecular weight is 362 g/mol. The van der Waals surface area contributed by atoms with Crippen LogP contribution in [0.3, 0.4) is 0 Å². The first kappa shape index (κ1) is 18.6. The number of hydrogen-bond donors (Lipinski definition) is 1. The number of nitrogens with zero attached hydrogens (tertiary/aromatic N) is 1. The zero-order valence-corrected chi connectivity index (χ0v) is 15.9. The number of hydrogen-bond acceptors (Lipinski definition) is 5. The Bertz CT molecular complexity index is 1020. The van der Waals surface area contributed by atoms with Crippen LogP contribution in [0.25, 0.3) is 10.9 Å². The molecular formula is C22H22N2O3. The Morgan fingerprint density at radius 1 is 1.11 bits per heavy atom. The summed E-state index contributed by atoms with van der Waals surface area (Å²) in [5.41, 5.74) is 5.39. The summed E-state index contributed by atoms with van der Waals surface area (Å²) in [5, 5.41) is 4.18. The number of ketones is 1. The van der Waals surface area contributed by atoms with Crippen LogP contribution in [0.1, 0.15) is 45.7 Å². The number of aromatic nitrogens is 1. The third-order valence-corrected chi connectivity index (χ3v) is 4.36. The summed E-state index contributed by atoms with van der Waals surface area (Å²) in [4.78, 5) is 28.4. The van der Waals surface area contributed by atoms with Gasteiger partial charge in [0.05, 0.1) is 17.8 Å². The lowest BCUT2D eigenvalue weighted by Gasteiger charge is -2.16. The van der Waals surface area contributed by atoms with Crippen molar-refractivity contribution in [1.82, 2.24) is 4.98 Å². The third-order valence-electron chi connectivity index (χ3n) is 4.36. The Morgan fingerprint density at radius 3 is 2.44 bits per heavy atom. The van der Waals surface area contributed by atoms with E-state index in [0.29, 0.717) is 16.8 Å². The molecule has 0 aliphatic rings. The van der Waals surface area contributed by atoms with Crippen molar-refractivity contribution in [3.8, 4) is 0 Å². The molecule has 3 aromatic rings. The van der Waals surface area contributed by atoms with E-state index in [1.807, 2.05) is 32.0 Å². The van der Waals surface area contributed by atoms with Crippen LogP contribution in [0.5, 0.6) is 0 Å². The molecular weight excluding hydrogens is 340 g/mol. The molecule has 27 heavy (non-hydrogen) atoms. The number of anilines is 2. The van der Waals surface area contributed by atoms with Crippen LogP contribution in [0.2, 0.25) is 0 Å². The topological polar surface area (TPSA) is 68.3 Å². The first-order chi connectivity index (χ1) is 12.9. The molecule has 1 N–H and O–H groups in total. The highest BCUT2D eigenvalue weighted by Gasteiger charge is 2.18. The Labute approximate surface area is 158 Å². The van der Waals surface area contributed by atoms with Crippen LogP contribution in [0, 0.1) is 13.8 Å². The largest absolute Gasteiger partial charge is 0.462 e. The zero-order chi connectivity index (χ0) is 19.6. The third kappa shape index (κ3) is 3.82. The van der Waals surface area contributed by atoms with E-state index >= 15 is 0 Å². The summed E-state index contributed by atoms with van der Waals surface area (Å²) in [6.07, 6.45) is 1.55. The molecule has 0 radical (unpaired) electrons. The monoisotopic (exact) mass is 362 g/mol. The number of aryl methyl sites for hydroxylation is 2. The van der Waals surface area contributed by atoms with Gasteiger partial charge in [0, 0.05) is 22.8 Å². The van der Waals surface area contributed by atoms with E-state index in [0.717, 1.165) is 27.7 Å². The van der Waals surface area contributed by atoms with Crippen molar-refractivity contribution < 1.29 is 14.3 Å². The van der Waals surface area contributed by atoms with E-state index in [1.165, 1.54) is 6.92 Å². The number of ether oxygens (including phenoxy) is 1. The van der Waals surface area contributed by atoms with Crippen molar-refractivity contribution in [2.75, 3.05) is 11.9 Å². The lowest BCUT2D eigenvalue weighted by atomic mass is 10.0. The molecule has 1 aromatic heterocycles. The van der Waals surface area contributed by atoms with Gasteiger partial charge in [0.1, 0.15) is 5.56 Å². The standard InChI is InChI=1S/C22H22N2O3/c1-5-27-22(26)19-12-23-20-14(3)10-13(2)11-18(20)21(19)24-17-8-6-16(7-9-17)15(4)25/h6-12H,5H2,1-4H3,(H,23,24). The molecule has 0 saturated carbocycles. The van der Waals surface area contributed by atoms with Gasteiger partial charge in [-0.3, -0.25) is 9.78 Å². The number of pyridine rings is 1. The van der Waals surface area contributed by atoms with Gasteiger partial charge in [0.15, 0.2) is 5.78 Å². The number of Topliss-reactive ketones (excluding diaryl/α,β-unsaturated/α-hetero) is 1. The van der Waals surface area contributed by atoms with Crippen molar-refractivity contribution in [3.63, 3.8) is 0 Å². The molecule has 0 bridgehead atoms. The van der Waals surface area contributed by atoms with Gasteiger partial charge in [-0.25, -0.2) is 4.79 Å². The highest BCUT2D eigenvalue weighted by atomic mass is 16.5. The van der Waals surface area contributed by atoms with E-state index in [4.69, 9.17) is 4.74 Å². The van der Waals surface area contributed by atoms with Gasteiger partial charge >= 0.3 is 5.97 Å². The number of carbonyl (C=O) groups is 2. The molecule has 2 aromatic carbocycles. The molecule has 0 unspecified atom stereocenters. The van der Waals surface area contributed by atoms with Crippen LogP contribution in [-0.2, 0) is 4.74 Å². The minimum absolute atomic E-state index is 0.00868. The van der Waals surface area contributed by atoms with Crippen molar-refractivity contribution in [1.29, 1.82) is 0 Å². The van der Waals surface area contributed by atoms with Crippen LogP contribution < -0.4 is 5.32 Å². The second-order valence-electron chi connectivity index (χ2n) is 6.50. The maximum atomic E-state index is 12.5. The fourth-order valence-corrected chi connectivity index (χ4v) is 3.09. The fourth-order valence-electron chi connectivity index (χ4n) is 3.09. The molecule has 5 heteroatoms. The quantitative estimate of drug-likeness (QED) is 0.512. The van der Waals surface area contributed by atoms with Crippen molar-refractivity contribution >= 4 is 34.0 Å². The molecule has 1 heterocycles. The Kier molecular flexibility index (Phi) is 5.21. The summed E-state index contributed by atoms with van der Waals surface area (Å²) in [7, 11) is 0. The highest BCUT2D eigenvalue weighted by Crippen LogP contribution is 2.32. The second kappa shape index (κ2) is 7.58. The molecule has 3 rings (SSSR count). The number of nitrogens with one attached hydrogen (secondary N) is 1. The van der Waals surface area contributed by atoms with Gasteiger partial charge in [-0.15, -0.1) is 0 Å². The first-order valence-electron chi connectivity index (χ1n) is 8.85. The van der Waals surface area contributed by atoms with Gasteiger partial charge in [-0.05, 0) is 63.6 Å². The van der Waals surface area contributed by atoms with Crippen molar-refractivity contribution in [3.05, 3.63) is 64.8 Å². The number of benzene rings is 2.